The molecule has 55 heavy (non-hydrogen) atoms. The molecule has 2 N–H and O–H groups in total. The zero-order chi connectivity index (χ0) is 38.2. The quantitative estimate of drug-likeness (QED) is 0.198. The molecule has 0 radical (unpaired) electrons. The number of likely N-dealkylation sites (N-methyl/N-ethyl adjacent to an activating group) is 1. The zero-order valence-electron chi connectivity index (χ0n) is 32.8. The number of aromatic nitrogens is 1. The van der Waals surface area contributed by atoms with Crippen LogP contribution in [0, 0.1) is 11.8 Å². The van der Waals surface area contributed by atoms with E-state index in [1.807, 2.05) is 36.5 Å². The van der Waals surface area contributed by atoms with Crippen LogP contribution in [-0.4, -0.2) is 78.7 Å². The van der Waals surface area contributed by atoms with Crippen LogP contribution >= 0.6 is 11.6 Å². The Labute approximate surface area is 331 Å². The van der Waals surface area contributed by atoms with E-state index in [0.29, 0.717) is 54.9 Å². The molecule has 3 aromatic rings. The summed E-state index contributed by atoms with van der Waals surface area (Å²) in [5, 5.41) is 14.8. The van der Waals surface area contributed by atoms with Crippen molar-refractivity contribution >= 4 is 23.3 Å². The minimum absolute atomic E-state index is 0.0204. The number of fused-ring (bicyclic) bond motifs is 4. The number of carboxylic acids is 1. The van der Waals surface area contributed by atoms with Gasteiger partial charge in [-0.25, -0.2) is 4.79 Å². The van der Waals surface area contributed by atoms with E-state index in [0.717, 1.165) is 94.1 Å². The number of nitrogens with one attached hydrogen (secondary N) is 1. The maximum Gasteiger partial charge on any atom is 0.329 e. The number of rotatable bonds is 11. The molecule has 10 heteroatoms. The lowest BCUT2D eigenvalue weighted by Crippen LogP contribution is -2.53. The second-order valence-electron chi connectivity index (χ2n) is 17.3. The average molecular weight is 772 g/mol. The van der Waals surface area contributed by atoms with E-state index in [-0.39, 0.29) is 11.5 Å². The molecule has 4 atom stereocenters. The van der Waals surface area contributed by atoms with Crippen molar-refractivity contribution < 1.29 is 28.8 Å². The van der Waals surface area contributed by atoms with Gasteiger partial charge in [0.1, 0.15) is 17.4 Å². The van der Waals surface area contributed by atoms with Gasteiger partial charge in [0.15, 0.2) is 11.5 Å². The smallest absolute Gasteiger partial charge is 0.329 e. The van der Waals surface area contributed by atoms with E-state index < -0.39 is 11.5 Å². The van der Waals surface area contributed by atoms with Gasteiger partial charge in [-0.1, -0.05) is 31.5 Å². The maximum atomic E-state index is 13.1. The third-order valence-electron chi connectivity index (χ3n) is 13.7. The van der Waals surface area contributed by atoms with E-state index in [4.69, 9.17) is 35.5 Å². The number of nitrogens with zero attached hydrogens (tertiary/aromatic N) is 2. The predicted molar refractivity (Wildman–Crippen MR) is 215 cm³/mol. The van der Waals surface area contributed by atoms with Crippen molar-refractivity contribution in [1.29, 1.82) is 0 Å². The molecule has 0 bridgehead atoms. The summed E-state index contributed by atoms with van der Waals surface area (Å²) in [4.78, 5) is 20.3. The van der Waals surface area contributed by atoms with E-state index in [1.165, 1.54) is 35.2 Å². The first kappa shape index (κ1) is 38.3. The molecule has 8 rings (SSSR count). The molecule has 1 saturated heterocycles. The normalized spacial score (nSPS) is 28.3. The number of aliphatic carboxylic acids is 1. The summed E-state index contributed by atoms with van der Waals surface area (Å²) in [6, 6.07) is 14.5. The number of aryl methyl sites for hydroxylation is 1. The lowest BCUT2D eigenvalue weighted by molar-refractivity contribution is -0.144. The number of anilines is 1. The molecule has 1 aromatic heterocycles. The minimum atomic E-state index is -1.08. The van der Waals surface area contributed by atoms with Gasteiger partial charge in [0.2, 0.25) is 0 Å². The van der Waals surface area contributed by atoms with Crippen molar-refractivity contribution in [2.24, 2.45) is 11.8 Å². The van der Waals surface area contributed by atoms with Crippen LogP contribution in [0.15, 0.2) is 48.7 Å². The standard InChI is InChI=1S/C45H58ClN3O6/c1-29(28-54-39-10-18-47-38-9-4-6-30(2)42(38)39)22-32-23-31-24-40-41(55-36(13-21-53-40)27-49(3)35-11-19-52-20-12-35)26-37(31)44(32)14-16-45(17-15-44,43(50)51)48-34-8-5-7-33(46)25-34/h5,7-8,10,18,24-26,29-30,32,35-36,48H,4,6,9,11-17,19-23,27-28H2,1-3H3,(H,50,51)/t29-,30-,32+,36-,44?,45?/m1/s1. The number of halogens is 1. The molecular formula is C45H58ClN3O6. The SMILES string of the molecule is C[C@@H](COc1ccnc2c1[C@H](C)CCC2)C[C@H]1Cc2cc3c(cc2C12CCC(Nc1cccc(Cl)c1)(C(=O)O)CC2)O[C@@H](CN(C)C1CCOCC1)CCO3. The first-order valence-corrected chi connectivity index (χ1v) is 21.1. The third-order valence-corrected chi connectivity index (χ3v) is 13.9. The Morgan fingerprint density at radius 2 is 1.89 bits per heavy atom. The fraction of sp³-hybridized carbons (Fsp3) is 0.600. The average Bonchev–Trinajstić information content (AvgIpc) is 3.30. The van der Waals surface area contributed by atoms with Gasteiger partial charge in [-0.3, -0.25) is 9.88 Å². The van der Waals surface area contributed by atoms with E-state index in [9.17, 15) is 9.90 Å². The monoisotopic (exact) mass is 771 g/mol. The number of ether oxygens (including phenoxy) is 4. The lowest BCUT2D eigenvalue weighted by atomic mass is 9.59. The van der Waals surface area contributed by atoms with Gasteiger partial charge in [0.25, 0.3) is 0 Å². The van der Waals surface area contributed by atoms with Gasteiger partial charge in [-0.2, -0.15) is 0 Å². The van der Waals surface area contributed by atoms with Gasteiger partial charge in [0.05, 0.1) is 13.2 Å². The van der Waals surface area contributed by atoms with Crippen LogP contribution in [0.1, 0.15) is 106 Å². The van der Waals surface area contributed by atoms with E-state index >= 15 is 0 Å². The molecule has 3 heterocycles. The highest BCUT2D eigenvalue weighted by molar-refractivity contribution is 6.30. The zero-order valence-corrected chi connectivity index (χ0v) is 33.5. The van der Waals surface area contributed by atoms with E-state index in [2.05, 4.69) is 43.2 Å². The third kappa shape index (κ3) is 7.91. The second-order valence-corrected chi connectivity index (χ2v) is 17.7. The summed E-state index contributed by atoms with van der Waals surface area (Å²) >= 11 is 6.33. The van der Waals surface area contributed by atoms with Gasteiger partial charge in [0, 0.05) is 60.4 Å². The fourth-order valence-corrected chi connectivity index (χ4v) is 10.8. The number of carboxylic acid groups (broad SMARTS) is 1. The molecular weight excluding hydrogens is 714 g/mol. The molecule has 9 nitrogen and oxygen atoms in total. The van der Waals surface area contributed by atoms with Crippen LogP contribution < -0.4 is 19.5 Å². The molecule has 5 aliphatic rings. The summed E-state index contributed by atoms with van der Waals surface area (Å²) in [5.74, 6) is 2.90. The highest BCUT2D eigenvalue weighted by Gasteiger charge is 2.54. The van der Waals surface area contributed by atoms with Gasteiger partial charge in [-0.15, -0.1) is 0 Å². The summed E-state index contributed by atoms with van der Waals surface area (Å²) in [6.45, 7) is 8.32. The van der Waals surface area contributed by atoms with Gasteiger partial charge < -0.3 is 29.4 Å². The van der Waals surface area contributed by atoms with Crippen molar-refractivity contribution in [2.75, 3.05) is 45.3 Å². The maximum absolute atomic E-state index is 13.1. The number of hydrogen-bond donors (Lipinski definition) is 2. The summed E-state index contributed by atoms with van der Waals surface area (Å²) in [5.41, 5.74) is 4.55. The Morgan fingerprint density at radius 1 is 1.07 bits per heavy atom. The van der Waals surface area contributed by atoms with Crippen LogP contribution in [0.4, 0.5) is 5.69 Å². The first-order valence-electron chi connectivity index (χ1n) is 20.7. The molecule has 0 amide bonds. The van der Waals surface area contributed by atoms with Gasteiger partial charge in [-0.05, 0) is 148 Å². The summed E-state index contributed by atoms with van der Waals surface area (Å²) < 4.78 is 25.5. The van der Waals surface area contributed by atoms with Crippen molar-refractivity contribution in [3.05, 3.63) is 76.1 Å². The number of hydrogen-bond acceptors (Lipinski definition) is 8. The second kappa shape index (κ2) is 16.1. The van der Waals surface area contributed by atoms with Crippen molar-refractivity contribution in [1.82, 2.24) is 9.88 Å². The first-order chi connectivity index (χ1) is 26.6. The molecule has 3 aliphatic carbocycles. The minimum Gasteiger partial charge on any atom is -0.493 e. The van der Waals surface area contributed by atoms with E-state index in [1.54, 1.807) is 0 Å². The summed E-state index contributed by atoms with van der Waals surface area (Å²) in [6.07, 6.45) is 12.6. The predicted octanol–water partition coefficient (Wildman–Crippen LogP) is 8.84. The fourth-order valence-electron chi connectivity index (χ4n) is 10.6. The number of carbonyl (C=O) groups is 1. The molecule has 1 spiro atoms. The Hall–Kier alpha value is -3.53. The van der Waals surface area contributed by atoms with Crippen molar-refractivity contribution in [2.45, 2.75) is 120 Å². The molecule has 1 saturated carbocycles. The largest absolute Gasteiger partial charge is 0.493 e. The Morgan fingerprint density at radius 3 is 2.67 bits per heavy atom. The van der Waals surface area contributed by atoms with Crippen LogP contribution in [0.5, 0.6) is 17.2 Å². The number of pyridine rings is 1. The molecule has 296 valence electrons. The highest BCUT2D eigenvalue weighted by atomic mass is 35.5. The van der Waals surface area contributed by atoms with Crippen molar-refractivity contribution in [3.63, 3.8) is 0 Å². The molecule has 2 aromatic carbocycles. The van der Waals surface area contributed by atoms with Crippen LogP contribution in [0.3, 0.4) is 0 Å². The Kier molecular flexibility index (Phi) is 11.3. The molecule has 0 unspecified atom stereocenters. The molecule has 2 aliphatic heterocycles. The highest BCUT2D eigenvalue weighted by Crippen LogP contribution is 2.58. The summed E-state index contributed by atoms with van der Waals surface area (Å²) in [7, 11) is 2.21. The topological polar surface area (TPSA) is 102 Å². The van der Waals surface area contributed by atoms with Crippen LogP contribution in [0.25, 0.3) is 0 Å². The molecule has 2 fully saturated rings. The van der Waals surface area contributed by atoms with Crippen LogP contribution in [0.2, 0.25) is 5.02 Å². The Bertz CT molecular complexity index is 1840. The number of benzene rings is 2. The van der Waals surface area contributed by atoms with Crippen LogP contribution in [-0.2, 0) is 27.8 Å². The Balaban J connectivity index is 1.05. The lowest BCUT2D eigenvalue weighted by Gasteiger charge is -2.47. The van der Waals surface area contributed by atoms with Crippen molar-refractivity contribution in [3.8, 4) is 17.2 Å². The van der Waals surface area contributed by atoms with Gasteiger partial charge >= 0.3 is 5.97 Å².